The molecular formula is C24H40N4O. The van der Waals surface area contributed by atoms with Crippen molar-refractivity contribution in [2.75, 3.05) is 52.9 Å². The molecule has 1 atom stereocenters. The van der Waals surface area contributed by atoms with Crippen molar-refractivity contribution < 1.29 is 4.79 Å². The summed E-state index contributed by atoms with van der Waals surface area (Å²) >= 11 is 0. The zero-order valence-electron chi connectivity index (χ0n) is 18.7. The van der Waals surface area contributed by atoms with Crippen molar-refractivity contribution in [3.63, 3.8) is 0 Å². The Morgan fingerprint density at radius 3 is 2.48 bits per heavy atom. The van der Waals surface area contributed by atoms with E-state index in [9.17, 15) is 4.79 Å². The molecule has 2 heterocycles. The Balaban J connectivity index is 1.43. The molecule has 0 aromatic heterocycles. The Labute approximate surface area is 177 Å². The Bertz CT molecular complexity index is 630. The molecule has 0 radical (unpaired) electrons. The lowest BCUT2D eigenvalue weighted by Crippen LogP contribution is -2.50. The van der Waals surface area contributed by atoms with E-state index in [0.29, 0.717) is 12.5 Å². The summed E-state index contributed by atoms with van der Waals surface area (Å²) in [6.45, 7) is 12.3. The molecule has 0 bridgehead atoms. The number of rotatable bonds is 7. The standard InChI is InChI=1S/C24H40N4O/c1-20(2)16-21-7-9-22(10-8-21)17-28-12-4-6-23(18-28)25-24(29)19-27-13-5-11-26(3)14-15-27/h7-10,20,23H,4-6,11-19H2,1-3H3,(H,25,29). The number of likely N-dealkylation sites (tertiary alicyclic amines) is 1. The highest BCUT2D eigenvalue weighted by Crippen LogP contribution is 2.16. The lowest BCUT2D eigenvalue weighted by atomic mass is 10.0. The summed E-state index contributed by atoms with van der Waals surface area (Å²) in [5.41, 5.74) is 2.80. The number of nitrogens with zero attached hydrogens (tertiary/aromatic N) is 3. The minimum atomic E-state index is 0.194. The summed E-state index contributed by atoms with van der Waals surface area (Å²) in [5.74, 6) is 0.891. The molecule has 0 aliphatic carbocycles. The van der Waals surface area contributed by atoms with E-state index in [0.717, 1.165) is 71.5 Å². The maximum Gasteiger partial charge on any atom is 0.234 e. The summed E-state index contributed by atoms with van der Waals surface area (Å²) in [7, 11) is 2.16. The summed E-state index contributed by atoms with van der Waals surface area (Å²) < 4.78 is 0. The molecule has 1 aromatic carbocycles. The van der Waals surface area contributed by atoms with Crippen LogP contribution in [0.25, 0.3) is 0 Å². The molecule has 1 unspecified atom stereocenters. The number of hydrogen-bond acceptors (Lipinski definition) is 4. The van der Waals surface area contributed by atoms with Gasteiger partial charge in [-0.25, -0.2) is 0 Å². The van der Waals surface area contributed by atoms with Crippen molar-refractivity contribution in [1.82, 2.24) is 20.0 Å². The molecule has 1 amide bonds. The van der Waals surface area contributed by atoms with Gasteiger partial charge in [-0.1, -0.05) is 38.1 Å². The van der Waals surface area contributed by atoms with Crippen LogP contribution in [0.1, 0.15) is 44.2 Å². The number of likely N-dealkylation sites (N-methyl/N-ethyl adjacent to an activating group) is 1. The fraction of sp³-hybridized carbons (Fsp3) is 0.708. The van der Waals surface area contributed by atoms with E-state index in [1.165, 1.54) is 11.1 Å². The van der Waals surface area contributed by atoms with Gasteiger partial charge in [-0.15, -0.1) is 0 Å². The summed E-state index contributed by atoms with van der Waals surface area (Å²) in [5, 5.41) is 3.31. The molecule has 2 aliphatic heterocycles. The van der Waals surface area contributed by atoms with E-state index in [-0.39, 0.29) is 11.9 Å². The Morgan fingerprint density at radius 2 is 1.72 bits per heavy atom. The van der Waals surface area contributed by atoms with Crippen LogP contribution >= 0.6 is 0 Å². The number of nitrogens with one attached hydrogen (secondary N) is 1. The molecule has 2 saturated heterocycles. The Kier molecular flexibility index (Phi) is 8.52. The van der Waals surface area contributed by atoms with Crippen LogP contribution in [0.15, 0.2) is 24.3 Å². The predicted molar refractivity (Wildman–Crippen MR) is 120 cm³/mol. The van der Waals surface area contributed by atoms with Crippen molar-refractivity contribution in [2.45, 2.75) is 52.1 Å². The van der Waals surface area contributed by atoms with E-state index in [4.69, 9.17) is 0 Å². The van der Waals surface area contributed by atoms with Gasteiger partial charge in [0.15, 0.2) is 0 Å². The van der Waals surface area contributed by atoms with Crippen molar-refractivity contribution in [3.8, 4) is 0 Å². The van der Waals surface area contributed by atoms with Crippen molar-refractivity contribution in [3.05, 3.63) is 35.4 Å². The van der Waals surface area contributed by atoms with E-state index < -0.39 is 0 Å². The topological polar surface area (TPSA) is 38.8 Å². The van der Waals surface area contributed by atoms with Gasteiger partial charge in [-0.2, -0.15) is 0 Å². The number of piperidine rings is 1. The lowest BCUT2D eigenvalue weighted by molar-refractivity contribution is -0.123. The van der Waals surface area contributed by atoms with E-state index in [1.54, 1.807) is 0 Å². The number of hydrogen-bond donors (Lipinski definition) is 1. The summed E-state index contributed by atoms with van der Waals surface area (Å²) in [6.07, 6.45) is 4.55. The molecular weight excluding hydrogens is 360 g/mol. The molecule has 5 nitrogen and oxygen atoms in total. The van der Waals surface area contributed by atoms with Gasteiger partial charge >= 0.3 is 0 Å². The van der Waals surface area contributed by atoms with Crippen LogP contribution in [-0.2, 0) is 17.8 Å². The molecule has 3 rings (SSSR count). The SMILES string of the molecule is CC(C)Cc1ccc(CN2CCCC(NC(=O)CN3CCCN(C)CC3)C2)cc1. The number of benzene rings is 1. The minimum absolute atomic E-state index is 0.194. The highest BCUT2D eigenvalue weighted by Gasteiger charge is 2.23. The van der Waals surface area contributed by atoms with Gasteiger partial charge < -0.3 is 10.2 Å². The predicted octanol–water partition coefficient (Wildman–Crippen LogP) is 2.60. The fourth-order valence-electron chi connectivity index (χ4n) is 4.56. The zero-order chi connectivity index (χ0) is 20.6. The van der Waals surface area contributed by atoms with Crippen molar-refractivity contribution in [1.29, 1.82) is 0 Å². The zero-order valence-corrected chi connectivity index (χ0v) is 18.7. The van der Waals surface area contributed by atoms with E-state index >= 15 is 0 Å². The average Bonchev–Trinajstić information content (AvgIpc) is 2.87. The van der Waals surface area contributed by atoms with Crippen molar-refractivity contribution >= 4 is 5.91 Å². The van der Waals surface area contributed by atoms with Gasteiger partial charge in [0, 0.05) is 32.2 Å². The van der Waals surface area contributed by atoms with E-state index in [2.05, 4.69) is 65.2 Å². The van der Waals surface area contributed by atoms with Crippen LogP contribution in [-0.4, -0.2) is 79.5 Å². The van der Waals surface area contributed by atoms with Crippen LogP contribution in [0.5, 0.6) is 0 Å². The number of amides is 1. The quantitative estimate of drug-likeness (QED) is 0.764. The highest BCUT2D eigenvalue weighted by atomic mass is 16.2. The third-order valence-corrected chi connectivity index (χ3v) is 6.12. The van der Waals surface area contributed by atoms with E-state index in [1.807, 2.05) is 0 Å². The second-order valence-electron chi connectivity index (χ2n) is 9.49. The van der Waals surface area contributed by atoms with Crippen LogP contribution < -0.4 is 5.32 Å². The van der Waals surface area contributed by atoms with Crippen LogP contribution in [0, 0.1) is 5.92 Å². The first-order valence-electron chi connectivity index (χ1n) is 11.5. The molecule has 162 valence electrons. The van der Waals surface area contributed by atoms with Crippen molar-refractivity contribution in [2.24, 2.45) is 5.92 Å². The first kappa shape index (κ1) is 22.3. The second kappa shape index (κ2) is 11.1. The first-order valence-corrected chi connectivity index (χ1v) is 11.5. The monoisotopic (exact) mass is 400 g/mol. The normalized spacial score (nSPS) is 22.6. The molecule has 29 heavy (non-hydrogen) atoms. The molecule has 1 N–H and O–H groups in total. The van der Waals surface area contributed by atoms with Gasteiger partial charge in [0.25, 0.3) is 0 Å². The fourth-order valence-corrected chi connectivity index (χ4v) is 4.56. The molecule has 5 heteroatoms. The summed E-state index contributed by atoms with van der Waals surface area (Å²) in [6, 6.07) is 9.38. The maximum absolute atomic E-state index is 12.6. The van der Waals surface area contributed by atoms with Gasteiger partial charge in [0.2, 0.25) is 5.91 Å². The molecule has 1 aromatic rings. The maximum atomic E-state index is 12.6. The number of carbonyl (C=O) groups excluding carboxylic acids is 1. The summed E-state index contributed by atoms with van der Waals surface area (Å²) in [4.78, 5) is 19.7. The smallest absolute Gasteiger partial charge is 0.234 e. The molecule has 0 spiro atoms. The molecule has 0 saturated carbocycles. The van der Waals surface area contributed by atoms with Crippen LogP contribution in [0.3, 0.4) is 0 Å². The second-order valence-corrected chi connectivity index (χ2v) is 9.49. The van der Waals surface area contributed by atoms with Gasteiger partial charge in [-0.3, -0.25) is 14.6 Å². The molecule has 2 fully saturated rings. The molecule has 2 aliphatic rings. The van der Waals surface area contributed by atoms with Crippen LogP contribution in [0.2, 0.25) is 0 Å². The number of carbonyl (C=O) groups is 1. The Hall–Kier alpha value is -1.43. The van der Waals surface area contributed by atoms with Crippen LogP contribution in [0.4, 0.5) is 0 Å². The minimum Gasteiger partial charge on any atom is -0.351 e. The van der Waals surface area contributed by atoms with Gasteiger partial charge in [0.1, 0.15) is 0 Å². The third-order valence-electron chi connectivity index (χ3n) is 6.12. The Morgan fingerprint density at radius 1 is 1.00 bits per heavy atom. The van der Waals surface area contributed by atoms with Gasteiger partial charge in [0.05, 0.1) is 6.54 Å². The largest absolute Gasteiger partial charge is 0.351 e. The third kappa shape index (κ3) is 7.72. The highest BCUT2D eigenvalue weighted by molar-refractivity contribution is 5.78. The van der Waals surface area contributed by atoms with Gasteiger partial charge in [-0.05, 0) is 69.4 Å². The lowest BCUT2D eigenvalue weighted by Gasteiger charge is -2.33. The average molecular weight is 401 g/mol. The first-order chi connectivity index (χ1) is 14.0.